The second-order valence-electron chi connectivity index (χ2n) is 6.44. The first-order chi connectivity index (χ1) is 10.7. The van der Waals surface area contributed by atoms with Crippen LogP contribution in [0.25, 0.3) is 11.4 Å². The fourth-order valence-corrected chi connectivity index (χ4v) is 4.08. The van der Waals surface area contributed by atoms with E-state index in [0.29, 0.717) is 11.8 Å². The minimum absolute atomic E-state index is 0. The van der Waals surface area contributed by atoms with Crippen LogP contribution in [0.1, 0.15) is 19.3 Å². The summed E-state index contributed by atoms with van der Waals surface area (Å²) in [6.07, 6.45) is 6.97. The van der Waals surface area contributed by atoms with Crippen LogP contribution in [0.4, 0.5) is 5.69 Å². The molecule has 24 heavy (non-hydrogen) atoms. The molecule has 1 amide bonds. The van der Waals surface area contributed by atoms with Crippen molar-refractivity contribution in [3.8, 4) is 11.4 Å². The number of carbonyl (C=O) groups excluding carboxylic acids is 1. The van der Waals surface area contributed by atoms with E-state index in [-0.39, 0.29) is 42.7 Å². The molecule has 2 fully saturated rings. The number of hydrogen-bond acceptors (Lipinski definition) is 3. The third-order valence-electron chi connectivity index (χ3n) is 5.21. The van der Waals surface area contributed by atoms with Crippen LogP contribution >= 0.6 is 24.8 Å². The number of imidazole rings is 1. The molecular weight excluding hydrogens is 347 g/mol. The number of anilines is 1. The largest absolute Gasteiger partial charge is 0.345 e. The van der Waals surface area contributed by atoms with Crippen LogP contribution < -0.4 is 11.1 Å². The van der Waals surface area contributed by atoms with Gasteiger partial charge in [0.2, 0.25) is 5.91 Å². The topological polar surface area (TPSA) is 83.8 Å². The Morgan fingerprint density at radius 2 is 1.88 bits per heavy atom. The lowest BCUT2D eigenvalue weighted by Gasteiger charge is -2.27. The summed E-state index contributed by atoms with van der Waals surface area (Å²) in [7, 11) is 0. The Morgan fingerprint density at radius 1 is 1.17 bits per heavy atom. The molecule has 4 unspecified atom stereocenters. The first kappa shape index (κ1) is 18.8. The van der Waals surface area contributed by atoms with Crippen molar-refractivity contribution in [1.82, 2.24) is 9.97 Å². The average Bonchev–Trinajstić information content (AvgIpc) is 3.25. The first-order valence-electron chi connectivity index (χ1n) is 7.88. The molecule has 2 bridgehead atoms. The van der Waals surface area contributed by atoms with Gasteiger partial charge in [0.25, 0.3) is 0 Å². The molecular formula is C17H22Cl2N4O. The lowest BCUT2D eigenvalue weighted by Crippen LogP contribution is -2.42. The van der Waals surface area contributed by atoms with Crippen molar-refractivity contribution in [3.63, 3.8) is 0 Å². The molecule has 0 saturated heterocycles. The van der Waals surface area contributed by atoms with Gasteiger partial charge in [-0.25, -0.2) is 4.98 Å². The maximum Gasteiger partial charge on any atom is 0.229 e. The van der Waals surface area contributed by atoms with Gasteiger partial charge in [-0.2, -0.15) is 0 Å². The van der Waals surface area contributed by atoms with E-state index in [2.05, 4.69) is 15.3 Å². The maximum absolute atomic E-state index is 12.5. The molecule has 2 aromatic rings. The minimum atomic E-state index is -0.0245. The Hall–Kier alpha value is -1.56. The summed E-state index contributed by atoms with van der Waals surface area (Å²) in [5.74, 6) is 1.89. The van der Waals surface area contributed by atoms with Gasteiger partial charge in [-0.05, 0) is 55.4 Å². The van der Waals surface area contributed by atoms with Crippen LogP contribution in [0.5, 0.6) is 0 Å². The number of nitrogens with zero attached hydrogens (tertiary/aromatic N) is 1. The Kier molecular flexibility index (Phi) is 5.91. The Labute approximate surface area is 153 Å². The van der Waals surface area contributed by atoms with Crippen molar-refractivity contribution < 1.29 is 4.79 Å². The van der Waals surface area contributed by atoms with E-state index in [1.165, 1.54) is 6.42 Å². The molecule has 7 heteroatoms. The van der Waals surface area contributed by atoms with Gasteiger partial charge in [0, 0.05) is 29.7 Å². The normalized spacial score (nSPS) is 27.2. The van der Waals surface area contributed by atoms with E-state index in [1.807, 2.05) is 24.3 Å². The zero-order valence-corrected chi connectivity index (χ0v) is 14.8. The molecule has 130 valence electrons. The summed E-state index contributed by atoms with van der Waals surface area (Å²) in [5, 5.41) is 3.02. The van der Waals surface area contributed by atoms with Crippen LogP contribution in [-0.2, 0) is 4.79 Å². The van der Waals surface area contributed by atoms with Gasteiger partial charge in [-0.3, -0.25) is 4.79 Å². The van der Waals surface area contributed by atoms with E-state index in [9.17, 15) is 4.79 Å². The molecule has 4 rings (SSSR count). The number of amides is 1. The fourth-order valence-electron chi connectivity index (χ4n) is 4.08. The second kappa shape index (κ2) is 7.55. The smallest absolute Gasteiger partial charge is 0.229 e. The maximum atomic E-state index is 12.5. The van der Waals surface area contributed by atoms with E-state index in [4.69, 9.17) is 5.73 Å². The average molecular weight is 369 g/mol. The van der Waals surface area contributed by atoms with Gasteiger partial charge >= 0.3 is 0 Å². The van der Waals surface area contributed by atoms with Crippen molar-refractivity contribution >= 4 is 36.4 Å². The summed E-state index contributed by atoms with van der Waals surface area (Å²) in [5.41, 5.74) is 8.05. The summed E-state index contributed by atoms with van der Waals surface area (Å²) in [6, 6.07) is 7.76. The molecule has 4 N–H and O–H groups in total. The summed E-state index contributed by atoms with van der Waals surface area (Å²) in [6.45, 7) is 0. The van der Waals surface area contributed by atoms with Crippen LogP contribution in [0, 0.1) is 17.8 Å². The molecule has 1 aromatic carbocycles. The predicted octanol–water partition coefficient (Wildman–Crippen LogP) is 3.23. The molecule has 4 atom stereocenters. The third-order valence-corrected chi connectivity index (χ3v) is 5.21. The highest BCUT2D eigenvalue weighted by molar-refractivity contribution is 5.93. The van der Waals surface area contributed by atoms with Gasteiger partial charge in [-0.1, -0.05) is 0 Å². The van der Waals surface area contributed by atoms with E-state index in [1.54, 1.807) is 12.4 Å². The molecule has 2 saturated carbocycles. The van der Waals surface area contributed by atoms with Gasteiger partial charge in [-0.15, -0.1) is 24.8 Å². The van der Waals surface area contributed by atoms with Crippen molar-refractivity contribution in [2.75, 3.05) is 5.32 Å². The predicted molar refractivity (Wildman–Crippen MR) is 99.4 cm³/mol. The zero-order chi connectivity index (χ0) is 15.1. The number of benzene rings is 1. The molecule has 1 aromatic heterocycles. The van der Waals surface area contributed by atoms with Crippen molar-refractivity contribution in [3.05, 3.63) is 36.7 Å². The molecule has 0 radical (unpaired) electrons. The number of rotatable bonds is 3. The lowest BCUT2D eigenvalue weighted by atomic mass is 9.84. The standard InChI is InChI=1S/C17H20N4O.2ClH/c18-15-12-2-1-11(9-12)14(15)17(22)21-13-5-3-10(4-6-13)16-19-7-8-20-16;;/h3-8,11-12,14-15H,1-2,9,18H2,(H,19,20)(H,21,22);2*1H. The monoisotopic (exact) mass is 368 g/mol. The van der Waals surface area contributed by atoms with E-state index < -0.39 is 0 Å². The van der Waals surface area contributed by atoms with Gasteiger partial charge in [0.15, 0.2) is 0 Å². The number of aromatic amines is 1. The highest BCUT2D eigenvalue weighted by Crippen LogP contribution is 2.47. The number of carbonyl (C=O) groups is 1. The number of nitrogens with two attached hydrogens (primary N) is 1. The lowest BCUT2D eigenvalue weighted by molar-refractivity contribution is -0.121. The molecule has 5 nitrogen and oxygen atoms in total. The fraction of sp³-hybridized carbons (Fsp3) is 0.412. The summed E-state index contributed by atoms with van der Waals surface area (Å²) >= 11 is 0. The highest BCUT2D eigenvalue weighted by atomic mass is 35.5. The molecule has 0 aliphatic heterocycles. The van der Waals surface area contributed by atoms with Crippen LogP contribution in [0.2, 0.25) is 0 Å². The highest BCUT2D eigenvalue weighted by Gasteiger charge is 2.49. The van der Waals surface area contributed by atoms with Gasteiger partial charge < -0.3 is 16.0 Å². The Morgan fingerprint density at radius 3 is 2.46 bits per heavy atom. The van der Waals surface area contributed by atoms with Gasteiger partial charge in [0.1, 0.15) is 5.82 Å². The van der Waals surface area contributed by atoms with Gasteiger partial charge in [0.05, 0.1) is 5.92 Å². The van der Waals surface area contributed by atoms with Crippen molar-refractivity contribution in [2.24, 2.45) is 23.5 Å². The molecule has 1 heterocycles. The number of hydrogen-bond donors (Lipinski definition) is 3. The number of nitrogens with one attached hydrogen (secondary N) is 2. The number of aromatic nitrogens is 2. The van der Waals surface area contributed by atoms with Crippen molar-refractivity contribution in [2.45, 2.75) is 25.3 Å². The second-order valence-corrected chi connectivity index (χ2v) is 6.44. The number of halogens is 2. The summed E-state index contributed by atoms with van der Waals surface area (Å²) < 4.78 is 0. The third kappa shape index (κ3) is 3.29. The van der Waals surface area contributed by atoms with E-state index in [0.717, 1.165) is 29.9 Å². The summed E-state index contributed by atoms with van der Waals surface area (Å²) in [4.78, 5) is 19.8. The Bertz CT molecular complexity index is 672. The molecule has 2 aliphatic carbocycles. The van der Waals surface area contributed by atoms with Crippen LogP contribution in [0.15, 0.2) is 36.7 Å². The van der Waals surface area contributed by atoms with Crippen LogP contribution in [0.3, 0.4) is 0 Å². The SMILES string of the molecule is Cl.Cl.NC1C2CCC(C2)C1C(=O)Nc1ccc(-c2ncc[nH]2)cc1. The molecule has 0 spiro atoms. The molecule has 2 aliphatic rings. The number of fused-ring (bicyclic) bond motifs is 2. The van der Waals surface area contributed by atoms with Crippen LogP contribution in [-0.4, -0.2) is 21.9 Å². The van der Waals surface area contributed by atoms with E-state index >= 15 is 0 Å². The minimum Gasteiger partial charge on any atom is -0.345 e. The van der Waals surface area contributed by atoms with Crippen molar-refractivity contribution in [1.29, 1.82) is 0 Å². The number of H-pyrrole nitrogens is 1. The Balaban J connectivity index is 0.00000104. The quantitative estimate of drug-likeness (QED) is 0.777. The zero-order valence-electron chi connectivity index (χ0n) is 13.1. The first-order valence-corrected chi connectivity index (χ1v) is 7.88.